The second-order valence-corrected chi connectivity index (χ2v) is 8.16. The van der Waals surface area contributed by atoms with Gasteiger partial charge in [-0.3, -0.25) is 9.59 Å². The molecule has 3 N–H and O–H groups in total. The minimum absolute atomic E-state index is 0.0948. The second-order valence-electron chi connectivity index (χ2n) is 8.16. The zero-order valence-corrected chi connectivity index (χ0v) is 16.5. The lowest BCUT2D eigenvalue weighted by molar-refractivity contribution is -0.120. The molecule has 152 valence electrons. The molecule has 0 bridgehead atoms. The number of carbonyl (C=O) groups excluding carboxylic acids is 2. The van der Waals surface area contributed by atoms with Crippen molar-refractivity contribution in [2.45, 2.75) is 63.7 Å². The van der Waals surface area contributed by atoms with Crippen LogP contribution in [0, 0.1) is 5.92 Å². The van der Waals surface area contributed by atoms with Crippen molar-refractivity contribution in [2.24, 2.45) is 5.92 Å². The zero-order chi connectivity index (χ0) is 20.1. The largest absolute Gasteiger partial charge is 0.535 e. The highest BCUT2D eigenvalue weighted by Crippen LogP contribution is 2.37. The molecule has 28 heavy (non-hydrogen) atoms. The van der Waals surface area contributed by atoms with Crippen molar-refractivity contribution in [3.8, 4) is 5.75 Å². The fraction of sp³-hybridized carbons (Fsp3) is 0.619. The molecule has 0 spiro atoms. The van der Waals surface area contributed by atoms with Gasteiger partial charge in [0, 0.05) is 31.2 Å². The van der Waals surface area contributed by atoms with Gasteiger partial charge in [0.2, 0.25) is 0 Å². The van der Waals surface area contributed by atoms with Crippen molar-refractivity contribution < 1.29 is 24.4 Å². The number of aliphatic hydroxyl groups is 1. The summed E-state index contributed by atoms with van der Waals surface area (Å²) in [5, 5.41) is 22.6. The number of para-hydroxylation sites is 1. The third-order valence-electron chi connectivity index (χ3n) is 6.00. The van der Waals surface area contributed by atoms with Crippen LogP contribution in [0.1, 0.15) is 61.4 Å². The molecule has 6 nitrogen and oxygen atoms in total. The summed E-state index contributed by atoms with van der Waals surface area (Å²) in [6.45, 7) is 2.26. The second kappa shape index (κ2) is 9.68. The third-order valence-corrected chi connectivity index (χ3v) is 6.00. The van der Waals surface area contributed by atoms with Gasteiger partial charge >= 0.3 is 7.12 Å². The Balaban J connectivity index is 1.51. The molecule has 7 heteroatoms. The smallest absolute Gasteiger partial charge is 0.526 e. The van der Waals surface area contributed by atoms with E-state index < -0.39 is 7.12 Å². The minimum atomic E-state index is -1.06. The highest BCUT2D eigenvalue weighted by Gasteiger charge is 2.37. The topological polar surface area (TPSA) is 95.9 Å². The number of hydrogen-bond acceptors (Lipinski definition) is 6. The van der Waals surface area contributed by atoms with Crippen LogP contribution in [0.3, 0.4) is 0 Å². The van der Waals surface area contributed by atoms with Crippen LogP contribution in [0.25, 0.3) is 0 Å². The van der Waals surface area contributed by atoms with E-state index in [0.717, 1.165) is 31.2 Å². The van der Waals surface area contributed by atoms with E-state index >= 15 is 0 Å². The molecule has 0 aromatic heterocycles. The summed E-state index contributed by atoms with van der Waals surface area (Å²) in [7, 11) is -1.06. The third kappa shape index (κ3) is 5.22. The average Bonchev–Trinajstić information content (AvgIpc) is 2.67. The highest BCUT2D eigenvalue weighted by atomic mass is 16.5. The van der Waals surface area contributed by atoms with E-state index in [-0.39, 0.29) is 24.0 Å². The molecule has 1 saturated carbocycles. The van der Waals surface area contributed by atoms with E-state index in [2.05, 4.69) is 5.32 Å². The monoisotopic (exact) mass is 387 g/mol. The number of nitrogens with one attached hydrogen (secondary N) is 1. The van der Waals surface area contributed by atoms with Crippen LogP contribution < -0.4 is 9.97 Å². The zero-order valence-electron chi connectivity index (χ0n) is 16.5. The van der Waals surface area contributed by atoms with Crippen LogP contribution in [-0.2, 0) is 11.2 Å². The number of carbonyl (C=O) groups is 2. The van der Waals surface area contributed by atoms with Gasteiger partial charge < -0.3 is 20.1 Å². The fourth-order valence-electron chi connectivity index (χ4n) is 4.47. The Morgan fingerprint density at radius 3 is 2.64 bits per heavy atom. The molecular weight excluding hydrogens is 357 g/mol. The average molecular weight is 387 g/mol. The lowest BCUT2D eigenvalue weighted by atomic mass is 9.64. The van der Waals surface area contributed by atoms with Crippen molar-refractivity contribution in [3.63, 3.8) is 0 Å². The van der Waals surface area contributed by atoms with Gasteiger partial charge in [-0.2, -0.15) is 0 Å². The molecule has 1 fully saturated rings. The molecule has 3 rings (SSSR count). The predicted octanol–water partition coefficient (Wildman–Crippen LogP) is 2.16. The lowest BCUT2D eigenvalue weighted by Crippen LogP contribution is -2.37. The molecule has 1 aromatic carbocycles. The first-order valence-electron chi connectivity index (χ1n) is 10.3. The first-order chi connectivity index (χ1) is 13.5. The van der Waals surface area contributed by atoms with Crippen LogP contribution in [0.15, 0.2) is 18.2 Å². The Kier molecular flexibility index (Phi) is 7.27. The summed E-state index contributed by atoms with van der Waals surface area (Å²) in [4.78, 5) is 24.3. The molecule has 0 unspecified atom stereocenters. The molecule has 1 aromatic rings. The maximum atomic E-state index is 12.6. The number of ketones is 2. The van der Waals surface area contributed by atoms with Gasteiger partial charge in [0.05, 0.1) is 12.2 Å². The Labute approximate surface area is 166 Å². The van der Waals surface area contributed by atoms with Crippen LogP contribution in [0.5, 0.6) is 5.75 Å². The summed E-state index contributed by atoms with van der Waals surface area (Å²) in [6.07, 6.45) is 5.50. The molecule has 0 saturated heterocycles. The van der Waals surface area contributed by atoms with E-state index in [1.807, 2.05) is 12.1 Å². The summed E-state index contributed by atoms with van der Waals surface area (Å²) >= 11 is 0. The maximum absolute atomic E-state index is 12.6. The summed E-state index contributed by atoms with van der Waals surface area (Å²) in [5.74, 6) is 0.663. The quantitative estimate of drug-likeness (QED) is 0.467. The summed E-state index contributed by atoms with van der Waals surface area (Å²) < 4.78 is 5.63. The number of fused-ring (bicyclic) bond motifs is 1. The van der Waals surface area contributed by atoms with E-state index in [4.69, 9.17) is 9.76 Å². The van der Waals surface area contributed by atoms with Crippen molar-refractivity contribution in [1.29, 1.82) is 0 Å². The number of hydrogen-bond donors (Lipinski definition) is 3. The maximum Gasteiger partial charge on any atom is 0.526 e. The fourth-order valence-corrected chi connectivity index (χ4v) is 4.47. The molecule has 1 aliphatic carbocycles. The lowest BCUT2D eigenvalue weighted by Gasteiger charge is -2.30. The standard InChI is InChI=1S/C21H30BNO5/c1-14(25)20-4-2-3-16-12-17(22(27)28-21(16)20)13-19(26)11-15-5-7-18(8-6-15)23-9-10-24/h2-4,15,17-18,23-24,27H,5-13H2,1H3/t15?,17-,18?/m1/s1. The van der Waals surface area contributed by atoms with Gasteiger partial charge in [-0.15, -0.1) is 0 Å². The number of Topliss-reactive ketones (excluding diaryl/α,β-unsaturated/α-hetero) is 2. The van der Waals surface area contributed by atoms with Crippen molar-refractivity contribution in [1.82, 2.24) is 5.32 Å². The van der Waals surface area contributed by atoms with E-state index in [1.54, 1.807) is 6.07 Å². The molecule has 2 aliphatic rings. The summed E-state index contributed by atoms with van der Waals surface area (Å²) in [6, 6.07) is 5.86. The number of benzene rings is 1. The van der Waals surface area contributed by atoms with Crippen LogP contribution in [0.2, 0.25) is 5.82 Å². The predicted molar refractivity (Wildman–Crippen MR) is 108 cm³/mol. The Hall–Kier alpha value is -1.70. The Morgan fingerprint density at radius 2 is 1.96 bits per heavy atom. The van der Waals surface area contributed by atoms with Gasteiger partial charge in [-0.1, -0.05) is 12.1 Å². The first kappa shape index (κ1) is 21.0. The molecule has 0 radical (unpaired) electrons. The first-order valence-corrected chi connectivity index (χ1v) is 10.3. The van der Waals surface area contributed by atoms with Crippen molar-refractivity contribution in [2.75, 3.05) is 13.2 Å². The van der Waals surface area contributed by atoms with Gasteiger partial charge in [0.25, 0.3) is 0 Å². The Morgan fingerprint density at radius 1 is 1.21 bits per heavy atom. The van der Waals surface area contributed by atoms with Crippen LogP contribution >= 0.6 is 0 Å². The van der Waals surface area contributed by atoms with Gasteiger partial charge in [-0.05, 0) is 56.6 Å². The van der Waals surface area contributed by atoms with E-state index in [1.165, 1.54) is 6.92 Å². The Bertz CT molecular complexity index is 702. The molecule has 1 atom stereocenters. The molecule has 1 aliphatic heterocycles. The molecule has 1 heterocycles. The number of rotatable bonds is 8. The highest BCUT2D eigenvalue weighted by molar-refractivity contribution is 6.47. The SMILES string of the molecule is CC(=O)c1cccc2c1OB(O)[C@@H](CC(=O)CC1CCC(NCCO)CC1)C2. The normalized spacial score (nSPS) is 24.4. The minimum Gasteiger partial charge on any atom is -0.535 e. The molecule has 0 amide bonds. The van der Waals surface area contributed by atoms with Crippen LogP contribution in [0.4, 0.5) is 0 Å². The van der Waals surface area contributed by atoms with Gasteiger partial charge in [0.15, 0.2) is 5.78 Å². The van der Waals surface area contributed by atoms with E-state index in [9.17, 15) is 14.6 Å². The van der Waals surface area contributed by atoms with Crippen molar-refractivity contribution in [3.05, 3.63) is 29.3 Å². The number of aliphatic hydroxyl groups excluding tert-OH is 1. The molecular formula is C21H30BNO5. The van der Waals surface area contributed by atoms with Crippen molar-refractivity contribution >= 4 is 18.7 Å². The van der Waals surface area contributed by atoms with Crippen LogP contribution in [-0.4, -0.2) is 48.0 Å². The van der Waals surface area contributed by atoms with Gasteiger partial charge in [-0.25, -0.2) is 0 Å². The van der Waals surface area contributed by atoms with E-state index in [0.29, 0.717) is 49.1 Å². The summed E-state index contributed by atoms with van der Waals surface area (Å²) in [5.41, 5.74) is 1.36. The van der Waals surface area contributed by atoms with Gasteiger partial charge in [0.1, 0.15) is 11.5 Å².